The molecule has 1 aliphatic heterocycles. The van der Waals surface area contributed by atoms with Gasteiger partial charge in [0.2, 0.25) is 0 Å². The third-order valence-corrected chi connectivity index (χ3v) is 4.53. The van der Waals surface area contributed by atoms with Crippen LogP contribution in [0.5, 0.6) is 0 Å². The van der Waals surface area contributed by atoms with Gasteiger partial charge in [-0.3, -0.25) is 14.0 Å². The van der Waals surface area contributed by atoms with Gasteiger partial charge in [-0.05, 0) is 43.5 Å². The Morgan fingerprint density at radius 1 is 1.08 bits per heavy atom. The van der Waals surface area contributed by atoms with Gasteiger partial charge in [-0.1, -0.05) is 6.07 Å². The van der Waals surface area contributed by atoms with Gasteiger partial charge in [-0.15, -0.1) is 0 Å². The Labute approximate surface area is 150 Å². The van der Waals surface area contributed by atoms with E-state index in [4.69, 9.17) is 0 Å². The van der Waals surface area contributed by atoms with E-state index in [9.17, 15) is 9.59 Å². The molecule has 1 aliphatic rings. The van der Waals surface area contributed by atoms with Gasteiger partial charge in [0.1, 0.15) is 17.0 Å². The second-order valence-electron chi connectivity index (χ2n) is 6.47. The number of carbonyl (C=O) groups excluding carboxylic acids is 1. The summed E-state index contributed by atoms with van der Waals surface area (Å²) in [6, 6.07) is 7.30. The number of pyridine rings is 2. The Hall–Kier alpha value is -3.22. The van der Waals surface area contributed by atoms with Gasteiger partial charge in [0, 0.05) is 25.5 Å². The summed E-state index contributed by atoms with van der Waals surface area (Å²) >= 11 is 0. The molecule has 0 aliphatic carbocycles. The summed E-state index contributed by atoms with van der Waals surface area (Å²) in [5, 5.41) is 2.72. The first kappa shape index (κ1) is 16.3. The summed E-state index contributed by atoms with van der Waals surface area (Å²) in [7, 11) is 0. The molecule has 0 aromatic carbocycles. The number of carbonyl (C=O) groups is 1. The van der Waals surface area contributed by atoms with Crippen molar-refractivity contribution in [2.75, 3.05) is 23.3 Å². The fourth-order valence-corrected chi connectivity index (χ4v) is 3.13. The number of aromatic nitrogens is 3. The summed E-state index contributed by atoms with van der Waals surface area (Å²) in [5.74, 6) is 0.414. The first-order chi connectivity index (χ1) is 12.6. The number of hydrogen-bond acceptors (Lipinski definition) is 5. The Morgan fingerprint density at radius 3 is 2.62 bits per heavy atom. The Kier molecular flexibility index (Phi) is 4.12. The first-order valence-corrected chi connectivity index (χ1v) is 8.62. The van der Waals surface area contributed by atoms with Crippen LogP contribution in [0.4, 0.5) is 11.5 Å². The van der Waals surface area contributed by atoms with Gasteiger partial charge in [0.15, 0.2) is 0 Å². The van der Waals surface area contributed by atoms with Crippen LogP contribution < -0.4 is 15.8 Å². The molecule has 132 valence electrons. The van der Waals surface area contributed by atoms with Crippen molar-refractivity contribution < 1.29 is 4.79 Å². The van der Waals surface area contributed by atoms with Crippen LogP contribution in [-0.2, 0) is 0 Å². The molecule has 1 amide bonds. The third-order valence-electron chi connectivity index (χ3n) is 4.53. The largest absolute Gasteiger partial charge is 0.357 e. The van der Waals surface area contributed by atoms with Crippen LogP contribution in [-0.4, -0.2) is 33.4 Å². The fourth-order valence-electron chi connectivity index (χ4n) is 3.13. The smallest absolute Gasteiger partial charge is 0.270 e. The monoisotopic (exact) mass is 349 g/mol. The lowest BCUT2D eigenvalue weighted by Gasteiger charge is -2.16. The lowest BCUT2D eigenvalue weighted by molar-refractivity contribution is 0.102. The second kappa shape index (κ2) is 6.59. The number of nitrogens with one attached hydrogen (secondary N) is 1. The number of anilines is 2. The molecule has 0 bridgehead atoms. The summed E-state index contributed by atoms with van der Waals surface area (Å²) in [4.78, 5) is 35.9. The summed E-state index contributed by atoms with van der Waals surface area (Å²) in [5.41, 5.74) is 1.58. The van der Waals surface area contributed by atoms with Gasteiger partial charge >= 0.3 is 0 Å². The molecule has 0 radical (unpaired) electrons. The van der Waals surface area contributed by atoms with Gasteiger partial charge < -0.3 is 10.2 Å². The molecule has 0 spiro atoms. The highest BCUT2D eigenvalue weighted by Crippen LogP contribution is 2.19. The molecule has 0 saturated carbocycles. The number of rotatable bonds is 3. The van der Waals surface area contributed by atoms with E-state index in [1.54, 1.807) is 24.5 Å². The van der Waals surface area contributed by atoms with Gasteiger partial charge in [0.25, 0.3) is 11.5 Å². The molecule has 1 fully saturated rings. The molecule has 1 saturated heterocycles. The highest BCUT2D eigenvalue weighted by atomic mass is 16.2. The van der Waals surface area contributed by atoms with Crippen molar-refractivity contribution in [2.24, 2.45) is 0 Å². The molecule has 7 heteroatoms. The Bertz CT molecular complexity index is 1020. The van der Waals surface area contributed by atoms with Crippen LogP contribution in [0.15, 0.2) is 47.7 Å². The van der Waals surface area contributed by atoms with Crippen molar-refractivity contribution >= 4 is 23.1 Å². The molecule has 1 N–H and O–H groups in total. The van der Waals surface area contributed by atoms with Crippen LogP contribution in [0.3, 0.4) is 0 Å². The van der Waals surface area contributed by atoms with Crippen molar-refractivity contribution in [2.45, 2.75) is 19.8 Å². The highest BCUT2D eigenvalue weighted by molar-refractivity contribution is 6.03. The van der Waals surface area contributed by atoms with E-state index < -0.39 is 11.5 Å². The number of aryl methyl sites for hydroxylation is 1. The maximum atomic E-state index is 12.6. The quantitative estimate of drug-likeness (QED) is 0.784. The average Bonchev–Trinajstić information content (AvgIpc) is 3.18. The van der Waals surface area contributed by atoms with Crippen LogP contribution in [0, 0.1) is 6.92 Å². The van der Waals surface area contributed by atoms with E-state index in [1.807, 2.05) is 19.1 Å². The molecule has 3 aromatic rings. The zero-order chi connectivity index (χ0) is 18.1. The summed E-state index contributed by atoms with van der Waals surface area (Å²) in [6.07, 6.45) is 6.96. The van der Waals surface area contributed by atoms with E-state index in [0.717, 1.165) is 24.5 Å². The lowest BCUT2D eigenvalue weighted by Crippen LogP contribution is -2.27. The molecule has 4 heterocycles. The van der Waals surface area contributed by atoms with E-state index in [-0.39, 0.29) is 5.56 Å². The van der Waals surface area contributed by atoms with Crippen LogP contribution >= 0.6 is 0 Å². The minimum Gasteiger partial charge on any atom is -0.357 e. The number of hydrogen-bond donors (Lipinski definition) is 1. The van der Waals surface area contributed by atoms with Crippen LogP contribution in [0.1, 0.15) is 28.8 Å². The molecule has 0 atom stereocenters. The fraction of sp³-hybridized carbons (Fsp3) is 0.263. The molecule has 4 rings (SSSR count). The van der Waals surface area contributed by atoms with Gasteiger partial charge in [-0.25, -0.2) is 9.97 Å². The molecule has 7 nitrogen and oxygen atoms in total. The minimum absolute atomic E-state index is 0.00304. The zero-order valence-corrected chi connectivity index (χ0v) is 14.5. The average molecular weight is 349 g/mol. The van der Waals surface area contributed by atoms with Crippen molar-refractivity contribution in [3.8, 4) is 0 Å². The standard InChI is InChI=1S/C19H19N5O2/c1-13-4-6-17-21-11-15(19(26)24(17)12-13)18(25)22-14-5-7-16(20-10-14)23-8-2-3-9-23/h4-7,10-12H,2-3,8-9H2,1H3,(H,22,25). The Morgan fingerprint density at radius 2 is 1.88 bits per heavy atom. The lowest BCUT2D eigenvalue weighted by atomic mass is 10.2. The maximum absolute atomic E-state index is 12.6. The molecule has 0 unspecified atom stereocenters. The molecule has 26 heavy (non-hydrogen) atoms. The molecule has 3 aromatic heterocycles. The molecular weight excluding hydrogens is 330 g/mol. The second-order valence-corrected chi connectivity index (χ2v) is 6.47. The SMILES string of the molecule is Cc1ccc2ncc(C(=O)Nc3ccc(N4CCCC4)nc3)c(=O)n2c1. The van der Waals surface area contributed by atoms with Crippen LogP contribution in [0.25, 0.3) is 5.65 Å². The number of amides is 1. The number of nitrogens with zero attached hydrogens (tertiary/aromatic N) is 4. The number of fused-ring (bicyclic) bond motifs is 1. The van der Waals surface area contributed by atoms with Crippen molar-refractivity contribution in [3.63, 3.8) is 0 Å². The molecular formula is C19H19N5O2. The van der Waals surface area contributed by atoms with Gasteiger partial charge in [-0.2, -0.15) is 0 Å². The Balaban J connectivity index is 1.57. The summed E-state index contributed by atoms with van der Waals surface area (Å²) in [6.45, 7) is 3.90. The van der Waals surface area contributed by atoms with Crippen molar-refractivity contribution in [1.82, 2.24) is 14.4 Å². The van der Waals surface area contributed by atoms with Crippen molar-refractivity contribution in [1.29, 1.82) is 0 Å². The normalized spacial score (nSPS) is 14.0. The van der Waals surface area contributed by atoms with Crippen molar-refractivity contribution in [3.05, 3.63) is 64.3 Å². The first-order valence-electron chi connectivity index (χ1n) is 8.62. The van der Waals surface area contributed by atoms with Gasteiger partial charge in [0.05, 0.1) is 11.9 Å². The minimum atomic E-state index is -0.492. The maximum Gasteiger partial charge on any atom is 0.270 e. The van der Waals surface area contributed by atoms with E-state index in [2.05, 4.69) is 20.2 Å². The predicted molar refractivity (Wildman–Crippen MR) is 99.8 cm³/mol. The van der Waals surface area contributed by atoms with E-state index in [0.29, 0.717) is 11.3 Å². The van der Waals surface area contributed by atoms with Crippen LogP contribution in [0.2, 0.25) is 0 Å². The summed E-state index contributed by atoms with van der Waals surface area (Å²) < 4.78 is 1.39. The predicted octanol–water partition coefficient (Wildman–Crippen LogP) is 2.25. The zero-order valence-electron chi connectivity index (χ0n) is 14.5. The highest BCUT2D eigenvalue weighted by Gasteiger charge is 2.15. The topological polar surface area (TPSA) is 79.6 Å². The van der Waals surface area contributed by atoms with E-state index >= 15 is 0 Å². The van der Waals surface area contributed by atoms with E-state index in [1.165, 1.54) is 23.4 Å². The third kappa shape index (κ3) is 3.03.